The van der Waals surface area contributed by atoms with Crippen LogP contribution in [0.1, 0.15) is 13.3 Å². The Labute approximate surface area is 52.5 Å². The number of hydrogen-bond donors (Lipinski definition) is 1. The van der Waals surface area contributed by atoms with Crippen LogP contribution in [0.4, 0.5) is 0 Å². The minimum absolute atomic E-state index is 0.0278. The van der Waals surface area contributed by atoms with Gasteiger partial charge in [0.1, 0.15) is 12.6 Å². The molecular weight excluding hydrogens is 124 g/mol. The molecular formula is C5H8O4. The number of carboxylic acid groups (broad SMARTS) is 1. The summed E-state index contributed by atoms with van der Waals surface area (Å²) < 4.78 is 0. The van der Waals surface area contributed by atoms with Gasteiger partial charge in [-0.25, -0.2) is 0 Å². The maximum absolute atomic E-state index is 9.17. The monoisotopic (exact) mass is 132 g/mol. The highest BCUT2D eigenvalue weighted by molar-refractivity contribution is 5.72. The van der Waals surface area contributed by atoms with Crippen molar-refractivity contribution in [1.29, 1.82) is 0 Å². The summed E-state index contributed by atoms with van der Waals surface area (Å²) in [4.78, 5) is 27.3. The fourth-order valence-corrected chi connectivity index (χ4v) is 0.0393. The molecule has 0 saturated heterocycles. The van der Waals surface area contributed by atoms with E-state index in [1.54, 1.807) is 0 Å². The molecule has 0 amide bonds. The van der Waals surface area contributed by atoms with Crippen LogP contribution in [0.3, 0.4) is 0 Å². The maximum atomic E-state index is 9.17. The highest BCUT2D eigenvalue weighted by Gasteiger charge is 1.65. The largest absolute Gasteiger partial charge is 0.481 e. The molecule has 1 N–H and O–H groups in total. The van der Waals surface area contributed by atoms with Crippen molar-refractivity contribution in [2.75, 3.05) is 0 Å². The molecule has 0 heterocycles. The lowest BCUT2D eigenvalue weighted by Gasteiger charge is -1.59. The average molecular weight is 132 g/mol. The fraction of sp³-hybridized carbons (Fsp3) is 0.400. The Morgan fingerprint density at radius 2 is 1.67 bits per heavy atom. The molecule has 4 heteroatoms. The molecule has 4 nitrogen and oxygen atoms in total. The van der Waals surface area contributed by atoms with Crippen LogP contribution in [0.15, 0.2) is 0 Å². The topological polar surface area (TPSA) is 71.4 Å². The van der Waals surface area contributed by atoms with Gasteiger partial charge in [-0.2, -0.15) is 0 Å². The average Bonchev–Trinajstić information content (AvgIpc) is 1.66. The fourth-order valence-electron chi connectivity index (χ4n) is 0.0393. The first-order valence-electron chi connectivity index (χ1n) is 2.22. The highest BCUT2D eigenvalue weighted by Crippen LogP contribution is 1.50. The highest BCUT2D eigenvalue weighted by atomic mass is 16.4. The molecule has 0 unspecified atom stereocenters. The molecule has 52 valence electrons. The first-order valence-corrected chi connectivity index (χ1v) is 2.22. The molecule has 0 spiro atoms. The molecule has 0 aliphatic carbocycles. The Balaban J connectivity index is 0. The summed E-state index contributed by atoms with van der Waals surface area (Å²) in [7, 11) is 0. The smallest absolute Gasteiger partial charge is 0.300 e. The molecule has 0 atom stereocenters. The summed E-state index contributed by atoms with van der Waals surface area (Å²) >= 11 is 0. The molecule has 0 rings (SSSR count). The van der Waals surface area contributed by atoms with Crippen molar-refractivity contribution in [3.8, 4) is 0 Å². The first kappa shape index (κ1) is 10.7. The third-order valence-corrected chi connectivity index (χ3v) is 0.192. The molecule has 0 fully saturated rings. The van der Waals surface area contributed by atoms with E-state index in [0.29, 0.717) is 12.6 Å². The number of aliphatic carboxylic acids is 1. The van der Waals surface area contributed by atoms with E-state index in [9.17, 15) is 9.59 Å². The van der Waals surface area contributed by atoms with Gasteiger partial charge < -0.3 is 14.7 Å². The zero-order chi connectivity index (χ0) is 7.70. The van der Waals surface area contributed by atoms with Crippen molar-refractivity contribution < 1.29 is 19.5 Å². The van der Waals surface area contributed by atoms with Gasteiger partial charge in [0.15, 0.2) is 0 Å². The Morgan fingerprint density at radius 1 is 1.44 bits per heavy atom. The van der Waals surface area contributed by atoms with Crippen molar-refractivity contribution in [2.24, 2.45) is 0 Å². The molecule has 0 aromatic carbocycles. The van der Waals surface area contributed by atoms with Crippen LogP contribution in [0.25, 0.3) is 0 Å². The van der Waals surface area contributed by atoms with Crippen LogP contribution >= 0.6 is 0 Å². The number of hydrogen-bond acceptors (Lipinski definition) is 3. The van der Waals surface area contributed by atoms with Crippen molar-refractivity contribution in [1.82, 2.24) is 0 Å². The van der Waals surface area contributed by atoms with Gasteiger partial charge in [0, 0.05) is 6.92 Å². The number of aldehydes is 2. The number of rotatable bonds is 2. The molecule has 0 aliphatic rings. The Kier molecular flexibility index (Phi) is 11.8. The minimum atomic E-state index is -0.833. The molecule has 0 aliphatic heterocycles. The summed E-state index contributed by atoms with van der Waals surface area (Å²) in [6.07, 6.45) is 1.15. The van der Waals surface area contributed by atoms with E-state index in [1.807, 2.05) is 0 Å². The molecule has 0 aromatic heterocycles. The van der Waals surface area contributed by atoms with Gasteiger partial charge in [-0.3, -0.25) is 4.79 Å². The second-order valence-corrected chi connectivity index (χ2v) is 1.09. The normalized spacial score (nSPS) is 6.33. The summed E-state index contributed by atoms with van der Waals surface area (Å²) in [5.74, 6) is -0.833. The van der Waals surface area contributed by atoms with E-state index in [0.717, 1.165) is 6.92 Å². The molecule has 9 heavy (non-hydrogen) atoms. The van der Waals surface area contributed by atoms with Gasteiger partial charge in [-0.05, 0) is 0 Å². The standard InChI is InChI=1S/C3H4O2.C2H4O2/c4-2-1-3-5;1-2(3)4/h2-3H,1H2;1H3,(H,3,4). The summed E-state index contributed by atoms with van der Waals surface area (Å²) in [5.41, 5.74) is 0. The quantitative estimate of drug-likeness (QED) is 0.419. The van der Waals surface area contributed by atoms with Crippen LogP contribution in [-0.2, 0) is 14.4 Å². The number of carbonyl (C=O) groups excluding carboxylic acids is 2. The second-order valence-electron chi connectivity index (χ2n) is 1.09. The van der Waals surface area contributed by atoms with Crippen LogP contribution in [0, 0.1) is 0 Å². The predicted octanol–water partition coefficient (Wildman–Crippen LogP) is -0.135. The van der Waals surface area contributed by atoms with Crippen molar-refractivity contribution in [3.05, 3.63) is 0 Å². The van der Waals surface area contributed by atoms with Crippen molar-refractivity contribution in [2.45, 2.75) is 13.3 Å². The SMILES string of the molecule is CC(=O)O.O=CCC=O. The Morgan fingerprint density at radius 3 is 1.67 bits per heavy atom. The number of carboxylic acids is 1. The van der Waals surface area contributed by atoms with Crippen molar-refractivity contribution in [3.63, 3.8) is 0 Å². The third kappa shape index (κ3) is 240. The van der Waals surface area contributed by atoms with Gasteiger partial charge in [0.2, 0.25) is 0 Å². The predicted molar refractivity (Wildman–Crippen MR) is 30.1 cm³/mol. The van der Waals surface area contributed by atoms with E-state index < -0.39 is 5.97 Å². The molecule has 0 radical (unpaired) electrons. The van der Waals surface area contributed by atoms with E-state index in [-0.39, 0.29) is 6.42 Å². The lowest BCUT2D eigenvalue weighted by atomic mass is 10.6. The van der Waals surface area contributed by atoms with Crippen LogP contribution in [0.5, 0.6) is 0 Å². The number of carbonyl (C=O) groups is 3. The van der Waals surface area contributed by atoms with Gasteiger partial charge in [-0.15, -0.1) is 0 Å². The van der Waals surface area contributed by atoms with Gasteiger partial charge in [0.05, 0.1) is 6.42 Å². The molecule has 0 saturated carbocycles. The Bertz CT molecular complexity index is 87.1. The van der Waals surface area contributed by atoms with E-state index in [2.05, 4.69) is 0 Å². The van der Waals surface area contributed by atoms with Gasteiger partial charge in [-0.1, -0.05) is 0 Å². The Hall–Kier alpha value is -1.19. The lowest BCUT2D eigenvalue weighted by Crippen LogP contribution is -1.78. The van der Waals surface area contributed by atoms with E-state index in [1.165, 1.54) is 0 Å². The maximum Gasteiger partial charge on any atom is 0.300 e. The van der Waals surface area contributed by atoms with Gasteiger partial charge in [0.25, 0.3) is 5.97 Å². The van der Waals surface area contributed by atoms with Crippen LogP contribution in [-0.4, -0.2) is 23.6 Å². The summed E-state index contributed by atoms with van der Waals surface area (Å²) in [6, 6.07) is 0. The van der Waals surface area contributed by atoms with Crippen LogP contribution in [0.2, 0.25) is 0 Å². The second kappa shape index (κ2) is 9.94. The zero-order valence-electron chi connectivity index (χ0n) is 5.03. The van der Waals surface area contributed by atoms with Crippen molar-refractivity contribution >= 4 is 18.5 Å². The lowest BCUT2D eigenvalue weighted by molar-refractivity contribution is -0.134. The van der Waals surface area contributed by atoms with E-state index in [4.69, 9.17) is 9.90 Å². The summed E-state index contributed by atoms with van der Waals surface area (Å²) in [6.45, 7) is 1.08. The third-order valence-electron chi connectivity index (χ3n) is 0.192. The first-order chi connectivity index (χ1) is 4.15. The van der Waals surface area contributed by atoms with Crippen LogP contribution < -0.4 is 0 Å². The molecule has 0 bridgehead atoms. The molecule has 0 aromatic rings. The minimum Gasteiger partial charge on any atom is -0.481 e. The van der Waals surface area contributed by atoms with Gasteiger partial charge >= 0.3 is 0 Å². The zero-order valence-corrected chi connectivity index (χ0v) is 5.03. The summed E-state index contributed by atoms with van der Waals surface area (Å²) in [5, 5.41) is 7.42. The van der Waals surface area contributed by atoms with E-state index >= 15 is 0 Å².